The van der Waals surface area contributed by atoms with Gasteiger partial charge in [0.25, 0.3) is 0 Å². The Morgan fingerprint density at radius 3 is 1.17 bits per heavy atom. The molecule has 2 aromatic carbocycles. The third kappa shape index (κ3) is 4.51. The number of benzene rings is 2. The van der Waals surface area contributed by atoms with Gasteiger partial charge >= 0.3 is 0 Å². The van der Waals surface area contributed by atoms with Crippen LogP contribution in [0.5, 0.6) is 0 Å². The van der Waals surface area contributed by atoms with E-state index in [0.717, 1.165) is 0 Å². The summed E-state index contributed by atoms with van der Waals surface area (Å²) in [5.74, 6) is 2.68. The molecule has 0 atom stereocenters. The van der Waals surface area contributed by atoms with E-state index in [1.54, 1.807) is 0 Å². The summed E-state index contributed by atoms with van der Waals surface area (Å²) in [6, 6.07) is 9.73. The van der Waals surface area contributed by atoms with E-state index in [9.17, 15) is 0 Å². The smallest absolute Gasteiger partial charge is 0.0987 e. The molecule has 0 N–H and O–H groups in total. The maximum Gasteiger partial charge on any atom is 0.124 e. The van der Waals surface area contributed by atoms with Crippen molar-refractivity contribution in [2.75, 3.05) is 0 Å². The van der Waals surface area contributed by atoms with Gasteiger partial charge in [0.15, 0.2) is 0 Å². The van der Waals surface area contributed by atoms with Gasteiger partial charge < -0.3 is 0 Å². The second-order valence-electron chi connectivity index (χ2n) is 10.2. The van der Waals surface area contributed by atoms with Crippen molar-refractivity contribution in [2.24, 2.45) is 0 Å². The minimum Gasteiger partial charge on any atom is -0.0987 e. The van der Waals surface area contributed by atoms with E-state index in [-0.39, 0.29) is 0 Å². The zero-order chi connectivity index (χ0) is 22.3. The second-order valence-corrected chi connectivity index (χ2v) is 12.5. The Bertz CT molecular complexity index is 837. The molecule has 0 fully saturated rings. The summed E-state index contributed by atoms with van der Waals surface area (Å²) >= 11 is 4.07. The first kappa shape index (κ1) is 23.8. The highest BCUT2D eigenvalue weighted by Crippen LogP contribution is 2.61. The SMILES string of the molecule is CC(C)c1cc(C(C)C)c([C]2Sc3c(C(C)C)ccc(C(C)C)c3S2)c(C(C)C)c1. The van der Waals surface area contributed by atoms with Crippen molar-refractivity contribution in [3.8, 4) is 0 Å². The fourth-order valence-electron chi connectivity index (χ4n) is 4.21. The summed E-state index contributed by atoms with van der Waals surface area (Å²) in [7, 11) is 0. The summed E-state index contributed by atoms with van der Waals surface area (Å²) in [5, 5.41) is 0. The predicted octanol–water partition coefficient (Wildman–Crippen LogP) is 10.0. The van der Waals surface area contributed by atoms with Crippen molar-refractivity contribution in [2.45, 2.75) is 109 Å². The lowest BCUT2D eigenvalue weighted by Gasteiger charge is -2.25. The molecule has 0 nitrogen and oxygen atoms in total. The standard InChI is InChI=1S/C28H39S2/c1-15(2)20-13-23(18(7)8)25(24(14-20)19(9)10)28-29-26-21(16(3)4)11-12-22(17(5)6)27(26)30-28/h11-19H,1-10H3. The highest BCUT2D eigenvalue weighted by molar-refractivity contribution is 8.23. The fraction of sp³-hybridized carbons (Fsp3) is 0.536. The lowest BCUT2D eigenvalue weighted by molar-refractivity contribution is 0.793. The van der Waals surface area contributed by atoms with Gasteiger partial charge in [0.05, 0.1) is 0 Å². The molecule has 0 aromatic heterocycles. The molecule has 1 aliphatic rings. The molecule has 1 heterocycles. The Hall–Kier alpha value is -0.860. The van der Waals surface area contributed by atoms with E-state index in [2.05, 4.69) is 93.5 Å². The highest BCUT2D eigenvalue weighted by Gasteiger charge is 2.35. The van der Waals surface area contributed by atoms with Crippen LogP contribution in [0.1, 0.15) is 132 Å². The molecule has 0 amide bonds. The first-order valence-corrected chi connectivity index (χ1v) is 13.2. The van der Waals surface area contributed by atoms with Crippen LogP contribution < -0.4 is 0 Å². The van der Waals surface area contributed by atoms with Gasteiger partial charge in [0.2, 0.25) is 0 Å². The number of rotatable bonds is 6. The Morgan fingerprint density at radius 2 is 0.867 bits per heavy atom. The molecule has 0 saturated carbocycles. The van der Waals surface area contributed by atoms with Gasteiger partial charge in [-0.2, -0.15) is 0 Å². The van der Waals surface area contributed by atoms with Crippen LogP contribution in [0.25, 0.3) is 0 Å². The van der Waals surface area contributed by atoms with Crippen molar-refractivity contribution in [1.29, 1.82) is 0 Å². The van der Waals surface area contributed by atoms with Crippen molar-refractivity contribution < 1.29 is 0 Å². The van der Waals surface area contributed by atoms with Crippen LogP contribution in [0.15, 0.2) is 34.1 Å². The Kier molecular flexibility index (Phi) is 7.40. The summed E-state index contributed by atoms with van der Waals surface area (Å²) in [6.45, 7) is 23.3. The van der Waals surface area contributed by atoms with E-state index in [1.165, 1.54) is 47.8 Å². The summed E-state index contributed by atoms with van der Waals surface area (Å²) in [6.07, 6.45) is 0. The Morgan fingerprint density at radius 1 is 0.500 bits per heavy atom. The van der Waals surface area contributed by atoms with E-state index < -0.39 is 0 Å². The lowest BCUT2D eigenvalue weighted by atomic mass is 9.85. The van der Waals surface area contributed by atoms with Gasteiger partial charge in [0.1, 0.15) is 4.58 Å². The van der Waals surface area contributed by atoms with Crippen LogP contribution in [0.3, 0.4) is 0 Å². The van der Waals surface area contributed by atoms with E-state index >= 15 is 0 Å². The van der Waals surface area contributed by atoms with Crippen LogP contribution in [-0.2, 0) is 0 Å². The van der Waals surface area contributed by atoms with Crippen LogP contribution in [0.4, 0.5) is 0 Å². The van der Waals surface area contributed by atoms with Gasteiger partial charge in [-0.1, -0.05) is 117 Å². The zero-order valence-electron chi connectivity index (χ0n) is 20.5. The molecule has 163 valence electrons. The molecular formula is C28H39S2. The van der Waals surface area contributed by atoms with E-state index in [0.29, 0.717) is 29.6 Å². The average molecular weight is 440 g/mol. The molecule has 30 heavy (non-hydrogen) atoms. The quantitative estimate of drug-likeness (QED) is 0.439. The number of fused-ring (bicyclic) bond motifs is 1. The lowest BCUT2D eigenvalue weighted by Crippen LogP contribution is -2.07. The normalized spacial score (nSPS) is 14.8. The molecule has 1 radical (unpaired) electrons. The molecule has 0 aliphatic carbocycles. The molecular weight excluding hydrogens is 400 g/mol. The molecule has 2 aromatic rings. The Balaban J connectivity index is 2.19. The molecule has 0 saturated heterocycles. The second kappa shape index (κ2) is 9.33. The maximum absolute atomic E-state index is 2.49. The third-order valence-corrected chi connectivity index (χ3v) is 8.84. The Labute approximate surface area is 194 Å². The topological polar surface area (TPSA) is 0 Å². The zero-order valence-corrected chi connectivity index (χ0v) is 22.1. The van der Waals surface area contributed by atoms with Gasteiger partial charge in [-0.05, 0) is 63.0 Å². The predicted molar refractivity (Wildman–Crippen MR) is 137 cm³/mol. The van der Waals surface area contributed by atoms with E-state index in [4.69, 9.17) is 0 Å². The minimum absolute atomic E-state index is 0.516. The highest BCUT2D eigenvalue weighted by atomic mass is 32.2. The third-order valence-electron chi connectivity index (χ3n) is 6.14. The summed E-state index contributed by atoms with van der Waals surface area (Å²) in [5.41, 5.74) is 9.02. The largest absolute Gasteiger partial charge is 0.124 e. The molecule has 2 heteroatoms. The van der Waals surface area contributed by atoms with Crippen LogP contribution in [-0.4, -0.2) is 0 Å². The molecule has 3 rings (SSSR count). The van der Waals surface area contributed by atoms with Crippen LogP contribution in [0, 0.1) is 4.58 Å². The van der Waals surface area contributed by atoms with Crippen molar-refractivity contribution in [1.82, 2.24) is 0 Å². The van der Waals surface area contributed by atoms with Crippen molar-refractivity contribution in [3.63, 3.8) is 0 Å². The first-order valence-electron chi connectivity index (χ1n) is 11.6. The van der Waals surface area contributed by atoms with Crippen molar-refractivity contribution in [3.05, 3.63) is 62.2 Å². The summed E-state index contributed by atoms with van der Waals surface area (Å²) in [4.78, 5) is 3.02. The van der Waals surface area contributed by atoms with Crippen LogP contribution in [0.2, 0.25) is 0 Å². The number of thioether (sulfide) groups is 2. The minimum atomic E-state index is 0.516. The average Bonchev–Trinajstić information content (AvgIpc) is 3.10. The molecule has 0 bridgehead atoms. The van der Waals surface area contributed by atoms with Gasteiger partial charge in [0, 0.05) is 9.79 Å². The molecule has 1 aliphatic heterocycles. The van der Waals surface area contributed by atoms with Crippen molar-refractivity contribution >= 4 is 23.5 Å². The van der Waals surface area contributed by atoms with Gasteiger partial charge in [-0.15, -0.1) is 0 Å². The number of hydrogen-bond acceptors (Lipinski definition) is 2. The monoisotopic (exact) mass is 439 g/mol. The molecule has 0 unspecified atom stereocenters. The first-order chi connectivity index (χ1) is 14.0. The van der Waals surface area contributed by atoms with Gasteiger partial charge in [-0.25, -0.2) is 0 Å². The van der Waals surface area contributed by atoms with Crippen LogP contribution >= 0.6 is 23.5 Å². The fourth-order valence-corrected chi connectivity index (χ4v) is 7.44. The maximum atomic E-state index is 2.49. The molecule has 0 spiro atoms. The summed E-state index contributed by atoms with van der Waals surface area (Å²) < 4.78 is 1.49. The van der Waals surface area contributed by atoms with E-state index in [1.807, 2.05) is 23.5 Å². The van der Waals surface area contributed by atoms with Gasteiger partial charge in [-0.3, -0.25) is 0 Å². The number of hydrogen-bond donors (Lipinski definition) is 0.